The van der Waals surface area contributed by atoms with Gasteiger partial charge in [-0.15, -0.1) is 0 Å². The Kier molecular flexibility index (Phi) is 3.03. The summed E-state index contributed by atoms with van der Waals surface area (Å²) in [6.45, 7) is 0. The van der Waals surface area contributed by atoms with Crippen molar-refractivity contribution in [2.45, 2.75) is 0 Å². The predicted molar refractivity (Wildman–Crippen MR) is 84.4 cm³/mol. The van der Waals surface area contributed by atoms with E-state index < -0.39 is 0 Å². The van der Waals surface area contributed by atoms with Gasteiger partial charge in [0.1, 0.15) is 17.2 Å². The molecule has 5 heteroatoms. The van der Waals surface area contributed by atoms with E-state index in [1.807, 2.05) is 66.0 Å². The van der Waals surface area contributed by atoms with E-state index in [0.29, 0.717) is 10.8 Å². The number of benzene rings is 1. The Labute approximate surface area is 122 Å². The van der Waals surface area contributed by atoms with Gasteiger partial charge in [0.25, 0.3) is 0 Å². The lowest BCUT2D eigenvalue weighted by atomic mass is 10.1. The Morgan fingerprint density at radius 1 is 1.10 bits per heavy atom. The van der Waals surface area contributed by atoms with Gasteiger partial charge in [-0.25, -0.2) is 4.98 Å². The van der Waals surface area contributed by atoms with Crippen molar-refractivity contribution in [3.8, 4) is 11.3 Å². The van der Waals surface area contributed by atoms with Crippen LogP contribution in [0.1, 0.15) is 0 Å². The fourth-order valence-electron chi connectivity index (χ4n) is 2.14. The van der Waals surface area contributed by atoms with Gasteiger partial charge in [0.2, 0.25) is 0 Å². The molecule has 0 aliphatic carbocycles. The highest BCUT2D eigenvalue weighted by molar-refractivity contribution is 6.30. The first-order valence-corrected chi connectivity index (χ1v) is 6.65. The molecule has 0 aliphatic rings. The maximum Gasteiger partial charge on any atom is 0.139 e. The number of nitrogens with zero attached hydrogens (tertiary/aromatic N) is 3. The van der Waals surface area contributed by atoms with Gasteiger partial charge in [0.05, 0.1) is 5.69 Å². The molecule has 20 heavy (non-hydrogen) atoms. The summed E-state index contributed by atoms with van der Waals surface area (Å²) in [6.07, 6.45) is 1.98. The first kappa shape index (κ1) is 12.8. The maximum absolute atomic E-state index is 6.23. The highest BCUT2D eigenvalue weighted by Gasteiger charge is 2.11. The van der Waals surface area contributed by atoms with Gasteiger partial charge >= 0.3 is 0 Å². The van der Waals surface area contributed by atoms with Gasteiger partial charge in [-0.1, -0.05) is 23.7 Å². The standard InChI is InChI=1S/C15H15ClN4/c1-19(2)12-7-8-13-18-14(15(17)20(13)9-12)10-3-5-11(16)6-4-10/h3-9H,17H2,1-2H3. The molecule has 0 amide bonds. The molecule has 3 rings (SSSR count). The molecule has 2 aromatic heterocycles. The zero-order valence-electron chi connectivity index (χ0n) is 11.3. The van der Waals surface area contributed by atoms with Crippen LogP contribution in [0.2, 0.25) is 5.02 Å². The third-order valence-electron chi connectivity index (χ3n) is 3.27. The Balaban J connectivity index is 2.17. The van der Waals surface area contributed by atoms with Gasteiger partial charge in [-0.05, 0) is 24.3 Å². The highest BCUT2D eigenvalue weighted by atomic mass is 35.5. The van der Waals surface area contributed by atoms with Crippen molar-refractivity contribution < 1.29 is 0 Å². The topological polar surface area (TPSA) is 46.6 Å². The molecule has 2 heterocycles. The normalized spacial score (nSPS) is 10.9. The van der Waals surface area contributed by atoms with Crippen molar-refractivity contribution >= 4 is 28.8 Å². The van der Waals surface area contributed by atoms with Crippen molar-refractivity contribution in [2.75, 3.05) is 24.7 Å². The lowest BCUT2D eigenvalue weighted by molar-refractivity contribution is 1.09. The van der Waals surface area contributed by atoms with Crippen LogP contribution in [0, 0.1) is 0 Å². The van der Waals surface area contributed by atoms with Crippen LogP contribution < -0.4 is 10.6 Å². The van der Waals surface area contributed by atoms with E-state index in [1.54, 1.807) is 0 Å². The molecule has 102 valence electrons. The third-order valence-corrected chi connectivity index (χ3v) is 3.53. The molecule has 0 spiro atoms. The summed E-state index contributed by atoms with van der Waals surface area (Å²) in [6, 6.07) is 11.5. The summed E-state index contributed by atoms with van der Waals surface area (Å²) in [5, 5.41) is 0.700. The predicted octanol–water partition coefficient (Wildman–Crippen LogP) is 3.30. The number of nitrogens with two attached hydrogens (primary N) is 1. The smallest absolute Gasteiger partial charge is 0.139 e. The second-order valence-electron chi connectivity index (χ2n) is 4.86. The molecule has 0 radical (unpaired) electrons. The summed E-state index contributed by atoms with van der Waals surface area (Å²) in [4.78, 5) is 6.62. The lowest BCUT2D eigenvalue weighted by Gasteiger charge is -2.12. The molecule has 0 unspecified atom stereocenters. The Morgan fingerprint density at radius 3 is 2.45 bits per heavy atom. The second kappa shape index (κ2) is 4.72. The first-order chi connectivity index (χ1) is 9.56. The van der Waals surface area contributed by atoms with Gasteiger partial charge in [0.15, 0.2) is 0 Å². The van der Waals surface area contributed by atoms with E-state index in [0.717, 1.165) is 22.6 Å². The van der Waals surface area contributed by atoms with E-state index in [-0.39, 0.29) is 0 Å². The van der Waals surface area contributed by atoms with Crippen LogP contribution in [-0.4, -0.2) is 23.5 Å². The fraction of sp³-hybridized carbons (Fsp3) is 0.133. The monoisotopic (exact) mass is 286 g/mol. The number of pyridine rings is 1. The highest BCUT2D eigenvalue weighted by Crippen LogP contribution is 2.28. The Bertz CT molecular complexity index is 759. The Hall–Kier alpha value is -2.20. The van der Waals surface area contributed by atoms with E-state index in [4.69, 9.17) is 17.3 Å². The summed E-state index contributed by atoms with van der Waals surface area (Å²) >= 11 is 5.91. The van der Waals surface area contributed by atoms with Gasteiger partial charge in [-0.2, -0.15) is 0 Å². The van der Waals surface area contributed by atoms with Crippen LogP contribution in [0.15, 0.2) is 42.6 Å². The molecule has 3 aromatic rings. The quantitative estimate of drug-likeness (QED) is 0.786. The van der Waals surface area contributed by atoms with E-state index in [1.165, 1.54) is 0 Å². The van der Waals surface area contributed by atoms with Crippen LogP contribution in [0.3, 0.4) is 0 Å². The zero-order valence-corrected chi connectivity index (χ0v) is 12.1. The summed E-state index contributed by atoms with van der Waals surface area (Å²) < 4.78 is 1.90. The van der Waals surface area contributed by atoms with Gasteiger partial charge < -0.3 is 10.6 Å². The summed E-state index contributed by atoms with van der Waals surface area (Å²) in [5.41, 5.74) is 9.87. The number of imidazole rings is 1. The molecule has 0 saturated heterocycles. The fourth-order valence-corrected chi connectivity index (χ4v) is 2.26. The molecular weight excluding hydrogens is 272 g/mol. The molecular formula is C15H15ClN4. The van der Waals surface area contributed by atoms with Gasteiger partial charge in [0, 0.05) is 30.9 Å². The number of halogens is 1. The molecule has 2 N–H and O–H groups in total. The van der Waals surface area contributed by atoms with Crippen LogP contribution in [0.5, 0.6) is 0 Å². The number of hydrogen-bond acceptors (Lipinski definition) is 3. The molecule has 0 saturated carbocycles. The number of nitrogen functional groups attached to an aromatic ring is 1. The van der Waals surface area contributed by atoms with E-state index in [9.17, 15) is 0 Å². The number of fused-ring (bicyclic) bond motifs is 1. The number of hydrogen-bond donors (Lipinski definition) is 1. The van der Waals surface area contributed by atoms with Crippen LogP contribution in [0.4, 0.5) is 11.5 Å². The van der Waals surface area contributed by atoms with Crippen molar-refractivity contribution in [3.05, 3.63) is 47.6 Å². The minimum Gasteiger partial charge on any atom is -0.383 e. The average molecular weight is 287 g/mol. The maximum atomic E-state index is 6.23. The number of aromatic nitrogens is 2. The molecule has 0 atom stereocenters. The Morgan fingerprint density at radius 2 is 1.80 bits per heavy atom. The minimum absolute atomic E-state index is 0.631. The van der Waals surface area contributed by atoms with Crippen LogP contribution in [-0.2, 0) is 0 Å². The zero-order chi connectivity index (χ0) is 14.3. The van der Waals surface area contributed by atoms with E-state index >= 15 is 0 Å². The molecule has 0 bridgehead atoms. The molecule has 0 aliphatic heterocycles. The van der Waals surface area contributed by atoms with Crippen LogP contribution in [0.25, 0.3) is 16.9 Å². The minimum atomic E-state index is 0.631. The molecule has 4 nitrogen and oxygen atoms in total. The van der Waals surface area contributed by atoms with Crippen molar-refractivity contribution in [3.63, 3.8) is 0 Å². The van der Waals surface area contributed by atoms with E-state index in [2.05, 4.69) is 4.98 Å². The number of anilines is 2. The summed E-state index contributed by atoms with van der Waals surface area (Å²) in [7, 11) is 3.99. The molecule has 0 fully saturated rings. The SMILES string of the molecule is CN(C)c1ccc2nc(-c3ccc(Cl)cc3)c(N)n2c1. The van der Waals surface area contributed by atoms with Crippen molar-refractivity contribution in [2.24, 2.45) is 0 Å². The van der Waals surface area contributed by atoms with Crippen molar-refractivity contribution in [1.29, 1.82) is 0 Å². The summed E-state index contributed by atoms with van der Waals surface area (Å²) in [5.74, 6) is 0.631. The number of rotatable bonds is 2. The molecule has 1 aromatic carbocycles. The van der Waals surface area contributed by atoms with Crippen LogP contribution >= 0.6 is 11.6 Å². The lowest BCUT2D eigenvalue weighted by Crippen LogP contribution is -2.09. The first-order valence-electron chi connectivity index (χ1n) is 6.27. The second-order valence-corrected chi connectivity index (χ2v) is 5.30. The van der Waals surface area contributed by atoms with Gasteiger partial charge in [-0.3, -0.25) is 4.40 Å². The van der Waals surface area contributed by atoms with Crippen molar-refractivity contribution in [1.82, 2.24) is 9.38 Å². The average Bonchev–Trinajstić information content (AvgIpc) is 2.76. The largest absolute Gasteiger partial charge is 0.383 e. The third kappa shape index (κ3) is 2.08.